The first-order valence-electron chi connectivity index (χ1n) is 5.41. The topological polar surface area (TPSA) is 37.9 Å². The SMILES string of the molecule is [CH](Oc1ccccc1)c1nc2ccccc2[nH]1. The summed E-state index contributed by atoms with van der Waals surface area (Å²) < 4.78 is 5.50. The average molecular weight is 223 g/mol. The van der Waals surface area contributed by atoms with E-state index in [0.717, 1.165) is 22.6 Å². The second-order valence-corrected chi connectivity index (χ2v) is 3.69. The van der Waals surface area contributed by atoms with Crippen molar-refractivity contribution in [2.75, 3.05) is 0 Å². The predicted molar refractivity (Wildman–Crippen MR) is 66.6 cm³/mol. The van der Waals surface area contributed by atoms with Crippen LogP contribution in [0, 0.1) is 6.61 Å². The van der Waals surface area contributed by atoms with E-state index >= 15 is 0 Å². The highest BCUT2D eigenvalue weighted by molar-refractivity contribution is 5.74. The van der Waals surface area contributed by atoms with Crippen LogP contribution in [0.4, 0.5) is 0 Å². The third kappa shape index (κ3) is 2.13. The molecule has 0 spiro atoms. The zero-order valence-electron chi connectivity index (χ0n) is 9.13. The molecule has 0 saturated heterocycles. The molecule has 0 aliphatic heterocycles. The van der Waals surface area contributed by atoms with Gasteiger partial charge >= 0.3 is 0 Å². The van der Waals surface area contributed by atoms with Crippen LogP contribution < -0.4 is 4.74 Å². The first kappa shape index (κ1) is 9.90. The molecule has 0 saturated carbocycles. The van der Waals surface area contributed by atoms with Gasteiger partial charge in [0.1, 0.15) is 5.75 Å². The molecule has 0 unspecified atom stereocenters. The summed E-state index contributed by atoms with van der Waals surface area (Å²) in [5.41, 5.74) is 1.95. The number of nitrogens with zero attached hydrogens (tertiary/aromatic N) is 1. The molecule has 83 valence electrons. The van der Waals surface area contributed by atoms with Crippen molar-refractivity contribution in [3.8, 4) is 5.75 Å². The molecule has 1 radical (unpaired) electrons. The standard InChI is InChI=1S/C14H11N2O/c1-2-6-11(7-3-1)17-10-14-15-12-8-4-5-9-13(12)16-14/h1-10H,(H,15,16). The number of fused-ring (bicyclic) bond motifs is 1. The molecular formula is C14H11N2O. The van der Waals surface area contributed by atoms with Crippen molar-refractivity contribution in [3.63, 3.8) is 0 Å². The Labute approximate surface area is 99.1 Å². The van der Waals surface area contributed by atoms with E-state index in [1.807, 2.05) is 54.6 Å². The molecule has 3 nitrogen and oxygen atoms in total. The minimum Gasteiger partial charge on any atom is -0.478 e. The van der Waals surface area contributed by atoms with Gasteiger partial charge in [0, 0.05) is 0 Å². The van der Waals surface area contributed by atoms with Gasteiger partial charge in [-0.15, -0.1) is 0 Å². The number of nitrogens with one attached hydrogen (secondary N) is 1. The fourth-order valence-corrected chi connectivity index (χ4v) is 1.65. The minimum atomic E-state index is 0.718. The summed E-state index contributed by atoms with van der Waals surface area (Å²) in [5.74, 6) is 1.52. The van der Waals surface area contributed by atoms with Crippen molar-refractivity contribution in [1.82, 2.24) is 9.97 Å². The van der Waals surface area contributed by atoms with Crippen LogP contribution >= 0.6 is 0 Å². The van der Waals surface area contributed by atoms with Crippen LogP contribution in [0.1, 0.15) is 5.82 Å². The van der Waals surface area contributed by atoms with Crippen molar-refractivity contribution in [3.05, 3.63) is 67.0 Å². The van der Waals surface area contributed by atoms with E-state index in [1.54, 1.807) is 6.61 Å². The maximum Gasteiger partial charge on any atom is 0.200 e. The van der Waals surface area contributed by atoms with Crippen molar-refractivity contribution in [2.24, 2.45) is 0 Å². The predicted octanol–water partition coefficient (Wildman–Crippen LogP) is 3.15. The van der Waals surface area contributed by atoms with Gasteiger partial charge in [0.05, 0.1) is 11.0 Å². The summed E-state index contributed by atoms with van der Waals surface area (Å²) in [6.07, 6.45) is 0. The monoisotopic (exact) mass is 223 g/mol. The lowest BCUT2D eigenvalue weighted by atomic mass is 10.3. The number of aromatic nitrogens is 2. The number of ether oxygens (including phenoxy) is 1. The van der Waals surface area contributed by atoms with Gasteiger partial charge in [0.2, 0.25) is 0 Å². The number of H-pyrrole nitrogens is 1. The summed E-state index contributed by atoms with van der Waals surface area (Å²) in [4.78, 5) is 7.57. The molecule has 0 amide bonds. The highest BCUT2D eigenvalue weighted by Crippen LogP contribution is 2.14. The van der Waals surface area contributed by atoms with Crippen molar-refractivity contribution in [2.45, 2.75) is 0 Å². The summed E-state index contributed by atoms with van der Waals surface area (Å²) in [7, 11) is 0. The summed E-state index contributed by atoms with van der Waals surface area (Å²) in [6.45, 7) is 1.62. The number of hydrogen-bond donors (Lipinski definition) is 1. The highest BCUT2D eigenvalue weighted by atomic mass is 16.5. The Bertz CT molecular complexity index is 583. The van der Waals surface area contributed by atoms with E-state index in [4.69, 9.17) is 4.74 Å². The first-order chi connectivity index (χ1) is 8.42. The molecule has 3 rings (SSSR count). The normalized spacial score (nSPS) is 10.6. The molecule has 1 N–H and O–H groups in total. The van der Waals surface area contributed by atoms with Gasteiger partial charge in [-0.1, -0.05) is 30.3 Å². The molecule has 2 aromatic carbocycles. The summed E-state index contributed by atoms with van der Waals surface area (Å²) in [5, 5.41) is 0. The first-order valence-corrected chi connectivity index (χ1v) is 5.41. The molecule has 0 aliphatic carbocycles. The van der Waals surface area contributed by atoms with E-state index in [9.17, 15) is 0 Å². The van der Waals surface area contributed by atoms with Crippen LogP contribution in [-0.4, -0.2) is 9.97 Å². The Balaban J connectivity index is 1.77. The Hall–Kier alpha value is -2.29. The summed E-state index contributed by atoms with van der Waals surface area (Å²) in [6, 6.07) is 17.5. The van der Waals surface area contributed by atoms with Gasteiger partial charge < -0.3 is 9.72 Å². The van der Waals surface area contributed by atoms with Gasteiger partial charge in [0.15, 0.2) is 12.4 Å². The van der Waals surface area contributed by atoms with Crippen molar-refractivity contribution >= 4 is 11.0 Å². The molecule has 1 heterocycles. The van der Waals surface area contributed by atoms with Crippen LogP contribution in [0.2, 0.25) is 0 Å². The Kier molecular flexibility index (Phi) is 2.50. The second-order valence-electron chi connectivity index (χ2n) is 3.69. The number of rotatable bonds is 3. The molecule has 17 heavy (non-hydrogen) atoms. The number of para-hydroxylation sites is 3. The molecule has 0 aliphatic rings. The lowest BCUT2D eigenvalue weighted by Crippen LogP contribution is -1.93. The quantitative estimate of drug-likeness (QED) is 0.740. The van der Waals surface area contributed by atoms with Gasteiger partial charge in [-0.05, 0) is 24.3 Å². The fraction of sp³-hybridized carbons (Fsp3) is 0. The molecule has 0 fully saturated rings. The second kappa shape index (κ2) is 4.29. The number of imidazole rings is 1. The maximum atomic E-state index is 5.50. The van der Waals surface area contributed by atoms with Gasteiger partial charge in [-0.3, -0.25) is 0 Å². The zero-order chi connectivity index (χ0) is 11.5. The number of aromatic amines is 1. The van der Waals surface area contributed by atoms with E-state index in [1.165, 1.54) is 0 Å². The molecule has 3 heteroatoms. The van der Waals surface area contributed by atoms with E-state index in [-0.39, 0.29) is 0 Å². The fourth-order valence-electron chi connectivity index (χ4n) is 1.65. The lowest BCUT2D eigenvalue weighted by molar-refractivity contribution is 0.421. The van der Waals surface area contributed by atoms with Gasteiger partial charge in [-0.2, -0.15) is 0 Å². The Morgan fingerprint density at radius 1 is 0.941 bits per heavy atom. The number of hydrogen-bond acceptors (Lipinski definition) is 2. The summed E-state index contributed by atoms with van der Waals surface area (Å²) >= 11 is 0. The van der Waals surface area contributed by atoms with E-state index in [2.05, 4.69) is 9.97 Å². The van der Waals surface area contributed by atoms with Crippen LogP contribution in [0.3, 0.4) is 0 Å². The maximum absolute atomic E-state index is 5.50. The molecule has 3 aromatic rings. The Morgan fingerprint density at radius 3 is 2.53 bits per heavy atom. The highest BCUT2D eigenvalue weighted by Gasteiger charge is 2.03. The Morgan fingerprint density at radius 2 is 1.71 bits per heavy atom. The third-order valence-electron chi connectivity index (χ3n) is 2.46. The largest absolute Gasteiger partial charge is 0.478 e. The minimum absolute atomic E-state index is 0.718. The van der Waals surface area contributed by atoms with E-state index in [0.29, 0.717) is 0 Å². The average Bonchev–Trinajstić information content (AvgIpc) is 2.80. The molecule has 0 bridgehead atoms. The van der Waals surface area contributed by atoms with E-state index < -0.39 is 0 Å². The van der Waals surface area contributed by atoms with Gasteiger partial charge in [0.25, 0.3) is 0 Å². The zero-order valence-corrected chi connectivity index (χ0v) is 9.13. The van der Waals surface area contributed by atoms with Crippen LogP contribution in [0.25, 0.3) is 11.0 Å². The smallest absolute Gasteiger partial charge is 0.200 e. The van der Waals surface area contributed by atoms with Crippen LogP contribution in [-0.2, 0) is 0 Å². The molecule has 1 aromatic heterocycles. The third-order valence-corrected chi connectivity index (χ3v) is 2.46. The van der Waals surface area contributed by atoms with Crippen LogP contribution in [0.5, 0.6) is 5.75 Å². The molecule has 0 atom stereocenters. The van der Waals surface area contributed by atoms with Crippen LogP contribution in [0.15, 0.2) is 54.6 Å². The molecular weight excluding hydrogens is 212 g/mol. The van der Waals surface area contributed by atoms with Crippen molar-refractivity contribution in [1.29, 1.82) is 0 Å². The van der Waals surface area contributed by atoms with Crippen molar-refractivity contribution < 1.29 is 4.74 Å². The number of benzene rings is 2. The lowest BCUT2D eigenvalue weighted by Gasteiger charge is -2.01. The van der Waals surface area contributed by atoms with Gasteiger partial charge in [-0.25, -0.2) is 4.98 Å².